The number of nitrogens with one attached hydrogen (secondary N) is 1. The van der Waals surface area contributed by atoms with Crippen LogP contribution in [0.25, 0.3) is 0 Å². The van der Waals surface area contributed by atoms with E-state index in [-0.39, 0.29) is 11.9 Å². The second-order valence-corrected chi connectivity index (χ2v) is 7.35. The lowest BCUT2D eigenvalue weighted by Crippen LogP contribution is -2.40. The van der Waals surface area contributed by atoms with Crippen molar-refractivity contribution in [3.8, 4) is 0 Å². The van der Waals surface area contributed by atoms with Gasteiger partial charge >= 0.3 is 0 Å². The second-order valence-electron chi connectivity index (χ2n) is 7.35. The maximum absolute atomic E-state index is 12.5. The Balaban J connectivity index is 1.60. The average molecular weight is 315 g/mol. The maximum atomic E-state index is 12.5. The Morgan fingerprint density at radius 2 is 1.78 bits per heavy atom. The molecule has 2 atom stereocenters. The van der Waals surface area contributed by atoms with Gasteiger partial charge in [0, 0.05) is 49.5 Å². The van der Waals surface area contributed by atoms with Gasteiger partial charge in [0.2, 0.25) is 0 Å². The molecular weight excluding hydrogens is 286 g/mol. The first-order chi connectivity index (χ1) is 11.0. The molecule has 0 unspecified atom stereocenters. The van der Waals surface area contributed by atoms with E-state index in [9.17, 15) is 4.79 Å². The highest BCUT2D eigenvalue weighted by Gasteiger charge is 2.31. The first-order valence-electron chi connectivity index (χ1n) is 8.94. The first kappa shape index (κ1) is 16.3. The molecule has 2 saturated heterocycles. The fourth-order valence-corrected chi connectivity index (χ4v) is 3.66. The largest absolute Gasteiger partial charge is 0.372 e. The van der Waals surface area contributed by atoms with E-state index in [0.29, 0.717) is 12.0 Å². The summed E-state index contributed by atoms with van der Waals surface area (Å²) < 4.78 is 0. The molecule has 0 aromatic heterocycles. The zero-order valence-electron chi connectivity index (χ0n) is 14.6. The fourth-order valence-electron chi connectivity index (χ4n) is 3.66. The van der Waals surface area contributed by atoms with Crippen molar-refractivity contribution in [1.29, 1.82) is 0 Å². The van der Waals surface area contributed by atoms with Crippen LogP contribution in [0.3, 0.4) is 0 Å². The third kappa shape index (κ3) is 3.69. The third-order valence-corrected chi connectivity index (χ3v) is 5.29. The predicted octanol–water partition coefficient (Wildman–Crippen LogP) is 2.75. The number of hydrogen-bond acceptors (Lipinski definition) is 3. The van der Waals surface area contributed by atoms with E-state index in [0.717, 1.165) is 31.7 Å². The fraction of sp³-hybridized carbons (Fsp3) is 0.632. The monoisotopic (exact) mass is 315 g/mol. The van der Waals surface area contributed by atoms with Crippen molar-refractivity contribution in [3.05, 3.63) is 29.8 Å². The van der Waals surface area contributed by atoms with E-state index in [1.165, 1.54) is 18.5 Å². The number of benzene rings is 1. The number of anilines is 1. The SMILES string of the molecule is CC(C)N1C[C@@H](C)[C@H](NC(=O)c2ccc(N3CCCC3)cc2)C1. The Labute approximate surface area is 139 Å². The molecule has 1 aromatic carbocycles. The standard InChI is InChI=1S/C19H29N3O/c1-14(2)22-12-15(3)18(13-22)20-19(23)16-6-8-17(9-7-16)21-10-4-5-11-21/h6-9,14-15,18H,4-5,10-13H2,1-3H3,(H,20,23)/t15-,18-/m1/s1. The van der Waals surface area contributed by atoms with Crippen molar-refractivity contribution < 1.29 is 4.79 Å². The molecule has 0 bridgehead atoms. The number of hydrogen-bond donors (Lipinski definition) is 1. The van der Waals surface area contributed by atoms with Gasteiger partial charge in [-0.1, -0.05) is 6.92 Å². The van der Waals surface area contributed by atoms with E-state index >= 15 is 0 Å². The summed E-state index contributed by atoms with van der Waals surface area (Å²) in [5.41, 5.74) is 2.00. The minimum atomic E-state index is 0.0560. The average Bonchev–Trinajstić information content (AvgIpc) is 3.18. The van der Waals surface area contributed by atoms with E-state index in [2.05, 4.69) is 48.0 Å². The normalized spacial score (nSPS) is 25.3. The molecule has 2 aliphatic heterocycles. The summed E-state index contributed by atoms with van der Waals surface area (Å²) in [4.78, 5) is 17.3. The summed E-state index contributed by atoms with van der Waals surface area (Å²) in [7, 11) is 0. The van der Waals surface area contributed by atoms with Gasteiger partial charge in [-0.15, -0.1) is 0 Å². The van der Waals surface area contributed by atoms with Crippen LogP contribution < -0.4 is 10.2 Å². The zero-order valence-corrected chi connectivity index (χ0v) is 14.6. The molecule has 23 heavy (non-hydrogen) atoms. The van der Waals surface area contributed by atoms with Gasteiger partial charge in [-0.3, -0.25) is 9.69 Å². The van der Waals surface area contributed by atoms with Gasteiger partial charge in [-0.2, -0.15) is 0 Å². The van der Waals surface area contributed by atoms with Gasteiger partial charge in [-0.25, -0.2) is 0 Å². The number of carbonyl (C=O) groups excluding carboxylic acids is 1. The molecule has 0 spiro atoms. The van der Waals surface area contributed by atoms with Crippen molar-refractivity contribution in [2.45, 2.75) is 45.7 Å². The quantitative estimate of drug-likeness (QED) is 0.928. The van der Waals surface area contributed by atoms with E-state index < -0.39 is 0 Å². The number of rotatable bonds is 4. The summed E-state index contributed by atoms with van der Waals surface area (Å²) in [6.07, 6.45) is 2.54. The molecule has 2 fully saturated rings. The van der Waals surface area contributed by atoms with Gasteiger partial charge in [0.25, 0.3) is 5.91 Å². The zero-order chi connectivity index (χ0) is 16.4. The van der Waals surface area contributed by atoms with Crippen LogP contribution in [0.4, 0.5) is 5.69 Å². The van der Waals surface area contributed by atoms with Gasteiger partial charge in [0.1, 0.15) is 0 Å². The highest BCUT2D eigenvalue weighted by atomic mass is 16.1. The van der Waals surface area contributed by atoms with Crippen LogP contribution in [-0.2, 0) is 0 Å². The minimum Gasteiger partial charge on any atom is -0.372 e. The van der Waals surface area contributed by atoms with Crippen LogP contribution in [0.2, 0.25) is 0 Å². The van der Waals surface area contributed by atoms with Crippen LogP contribution >= 0.6 is 0 Å². The summed E-state index contributed by atoms with van der Waals surface area (Å²) in [6, 6.07) is 8.88. The summed E-state index contributed by atoms with van der Waals surface area (Å²) in [5, 5.41) is 3.22. The van der Waals surface area contributed by atoms with Crippen molar-refractivity contribution in [2.24, 2.45) is 5.92 Å². The van der Waals surface area contributed by atoms with Crippen molar-refractivity contribution in [1.82, 2.24) is 10.2 Å². The number of nitrogens with zero attached hydrogens (tertiary/aromatic N) is 2. The minimum absolute atomic E-state index is 0.0560. The lowest BCUT2D eigenvalue weighted by atomic mass is 10.1. The highest BCUT2D eigenvalue weighted by molar-refractivity contribution is 5.94. The summed E-state index contributed by atoms with van der Waals surface area (Å²) >= 11 is 0. The molecule has 0 saturated carbocycles. The Kier molecular flexibility index (Phi) is 4.90. The van der Waals surface area contributed by atoms with Crippen molar-refractivity contribution >= 4 is 11.6 Å². The van der Waals surface area contributed by atoms with Crippen molar-refractivity contribution in [3.63, 3.8) is 0 Å². The third-order valence-electron chi connectivity index (χ3n) is 5.29. The van der Waals surface area contributed by atoms with Crippen LogP contribution in [0.15, 0.2) is 24.3 Å². The lowest BCUT2D eigenvalue weighted by Gasteiger charge is -2.20. The topological polar surface area (TPSA) is 35.6 Å². The number of carbonyl (C=O) groups is 1. The number of likely N-dealkylation sites (tertiary alicyclic amines) is 1. The molecule has 1 N–H and O–H groups in total. The van der Waals surface area contributed by atoms with Crippen LogP contribution in [-0.4, -0.2) is 49.1 Å². The predicted molar refractivity (Wildman–Crippen MR) is 95.0 cm³/mol. The van der Waals surface area contributed by atoms with Crippen molar-refractivity contribution in [2.75, 3.05) is 31.1 Å². The van der Waals surface area contributed by atoms with Crippen LogP contribution in [0.1, 0.15) is 44.0 Å². The maximum Gasteiger partial charge on any atom is 0.251 e. The van der Waals surface area contributed by atoms with Gasteiger partial charge in [0.15, 0.2) is 0 Å². The van der Waals surface area contributed by atoms with Gasteiger partial charge in [-0.05, 0) is 56.9 Å². The summed E-state index contributed by atoms with van der Waals surface area (Å²) in [5.74, 6) is 0.561. The number of amides is 1. The molecular formula is C19H29N3O. The molecule has 2 heterocycles. The highest BCUT2D eigenvalue weighted by Crippen LogP contribution is 2.22. The molecule has 4 nitrogen and oxygen atoms in total. The second kappa shape index (κ2) is 6.91. The van der Waals surface area contributed by atoms with E-state index in [1.807, 2.05) is 12.1 Å². The summed E-state index contributed by atoms with van der Waals surface area (Å²) in [6.45, 7) is 10.9. The van der Waals surface area contributed by atoms with Gasteiger partial charge < -0.3 is 10.2 Å². The Morgan fingerprint density at radius 3 is 2.35 bits per heavy atom. The Hall–Kier alpha value is -1.55. The molecule has 2 aliphatic rings. The molecule has 1 amide bonds. The van der Waals surface area contributed by atoms with Crippen LogP contribution in [0, 0.1) is 5.92 Å². The van der Waals surface area contributed by atoms with Crippen LogP contribution in [0.5, 0.6) is 0 Å². The van der Waals surface area contributed by atoms with Gasteiger partial charge in [0.05, 0.1) is 0 Å². The molecule has 4 heteroatoms. The molecule has 0 aliphatic carbocycles. The smallest absolute Gasteiger partial charge is 0.251 e. The van der Waals surface area contributed by atoms with E-state index in [4.69, 9.17) is 0 Å². The molecule has 1 aromatic rings. The molecule has 0 radical (unpaired) electrons. The Bertz CT molecular complexity index is 534. The first-order valence-corrected chi connectivity index (χ1v) is 8.94. The molecule has 3 rings (SSSR count). The Morgan fingerprint density at radius 1 is 1.13 bits per heavy atom. The lowest BCUT2D eigenvalue weighted by molar-refractivity contribution is 0.0930. The molecule has 126 valence electrons. The van der Waals surface area contributed by atoms with E-state index in [1.54, 1.807) is 0 Å².